The van der Waals surface area contributed by atoms with Gasteiger partial charge in [0.1, 0.15) is 0 Å². The van der Waals surface area contributed by atoms with Crippen LogP contribution >= 0.6 is 0 Å². The molecule has 0 radical (unpaired) electrons. The van der Waals surface area contributed by atoms with Crippen molar-refractivity contribution in [3.05, 3.63) is 17.7 Å². The summed E-state index contributed by atoms with van der Waals surface area (Å²) in [4.78, 5) is 11.2. The van der Waals surface area contributed by atoms with Crippen molar-refractivity contribution in [1.29, 1.82) is 0 Å². The summed E-state index contributed by atoms with van der Waals surface area (Å²) in [5.74, 6) is -1.47. The maximum absolute atomic E-state index is 12.6. The number of aromatic carboxylic acids is 1. The molecule has 1 rings (SSSR count). The molecule has 1 N–H and O–H groups in total. The largest absolute Gasteiger partial charge is 0.490 e. The molecule has 1 aromatic rings. The Bertz CT molecular complexity index is 505. The van der Waals surface area contributed by atoms with Crippen LogP contribution in [0.4, 0.5) is 8.78 Å². The lowest BCUT2D eigenvalue weighted by atomic mass is 10.2. The van der Waals surface area contributed by atoms with Gasteiger partial charge in [-0.15, -0.1) is 0 Å². The van der Waals surface area contributed by atoms with Gasteiger partial charge in [-0.3, -0.25) is 0 Å². The summed E-state index contributed by atoms with van der Waals surface area (Å²) in [6, 6.07) is 2.28. The number of carbonyl (C=O) groups is 1. The predicted molar refractivity (Wildman–Crippen MR) is 80.8 cm³/mol. The average Bonchev–Trinajstić information content (AvgIpc) is 2.48. The minimum absolute atomic E-state index is 0.0138. The molecule has 0 atom stereocenters. The molecular weight excluding hydrogens is 310 g/mol. The van der Waals surface area contributed by atoms with Crippen LogP contribution < -0.4 is 14.2 Å². The molecule has 0 unspecified atom stereocenters. The third-order valence-corrected chi connectivity index (χ3v) is 2.98. The monoisotopic (exact) mass is 332 g/mol. The normalized spacial score (nSPS) is 10.7. The summed E-state index contributed by atoms with van der Waals surface area (Å²) in [7, 11) is 0. The average molecular weight is 332 g/mol. The highest BCUT2D eigenvalue weighted by atomic mass is 19.3. The third-order valence-electron chi connectivity index (χ3n) is 2.98. The molecule has 0 aliphatic rings. The van der Waals surface area contributed by atoms with Crippen LogP contribution in [0.1, 0.15) is 49.9 Å². The van der Waals surface area contributed by atoms with E-state index in [0.29, 0.717) is 13.2 Å². The van der Waals surface area contributed by atoms with Gasteiger partial charge < -0.3 is 19.3 Å². The van der Waals surface area contributed by atoms with Crippen molar-refractivity contribution < 1.29 is 32.9 Å². The number of halogens is 2. The van der Waals surface area contributed by atoms with Gasteiger partial charge >= 0.3 is 12.6 Å². The fraction of sp³-hybridized carbons (Fsp3) is 0.562. The summed E-state index contributed by atoms with van der Waals surface area (Å²) in [6.07, 6.45) is 3.22. The standard InChI is InChI=1S/C16H22F2O5/c1-3-5-7-21-12-9-11(15(19)20)10-13(23-16(17)18)14(12)22-8-6-4-2/h9-10,16H,3-8H2,1-2H3,(H,19,20). The fourth-order valence-corrected chi connectivity index (χ4v) is 1.78. The van der Waals surface area contributed by atoms with E-state index in [-0.39, 0.29) is 22.8 Å². The predicted octanol–water partition coefficient (Wildman–Crippen LogP) is 4.34. The molecule has 0 saturated heterocycles. The van der Waals surface area contributed by atoms with Crippen molar-refractivity contribution >= 4 is 5.97 Å². The number of carboxylic acids is 1. The zero-order valence-corrected chi connectivity index (χ0v) is 13.3. The first-order valence-electron chi connectivity index (χ1n) is 7.61. The molecule has 0 amide bonds. The van der Waals surface area contributed by atoms with E-state index in [1.807, 2.05) is 13.8 Å². The van der Waals surface area contributed by atoms with E-state index in [1.54, 1.807) is 0 Å². The number of hydrogen-bond acceptors (Lipinski definition) is 4. The minimum atomic E-state index is -3.09. The van der Waals surface area contributed by atoms with Crippen LogP contribution in [0, 0.1) is 0 Å². The van der Waals surface area contributed by atoms with Gasteiger partial charge in [-0.25, -0.2) is 4.79 Å². The molecule has 0 bridgehead atoms. The summed E-state index contributed by atoms with van der Waals surface area (Å²) >= 11 is 0. The van der Waals surface area contributed by atoms with Crippen LogP contribution in [0.2, 0.25) is 0 Å². The van der Waals surface area contributed by atoms with Crippen molar-refractivity contribution in [3.8, 4) is 17.2 Å². The summed E-state index contributed by atoms with van der Waals surface area (Å²) in [6.45, 7) is 1.48. The lowest BCUT2D eigenvalue weighted by Crippen LogP contribution is -2.09. The third kappa shape index (κ3) is 6.30. The molecule has 7 heteroatoms. The van der Waals surface area contributed by atoms with E-state index < -0.39 is 12.6 Å². The number of ether oxygens (including phenoxy) is 3. The van der Waals surface area contributed by atoms with Gasteiger partial charge in [-0.05, 0) is 25.0 Å². The first-order valence-corrected chi connectivity index (χ1v) is 7.61. The van der Waals surface area contributed by atoms with E-state index in [2.05, 4.69) is 4.74 Å². The first-order chi connectivity index (χ1) is 11.0. The Morgan fingerprint density at radius 2 is 1.65 bits per heavy atom. The molecule has 0 saturated carbocycles. The lowest BCUT2D eigenvalue weighted by Gasteiger charge is -2.17. The van der Waals surface area contributed by atoms with Crippen molar-refractivity contribution in [2.45, 2.75) is 46.1 Å². The summed E-state index contributed by atoms with van der Waals surface area (Å²) < 4.78 is 40.6. The Labute approximate surface area is 134 Å². The highest BCUT2D eigenvalue weighted by Gasteiger charge is 2.20. The second kappa shape index (κ2) is 9.86. The van der Waals surface area contributed by atoms with E-state index in [9.17, 15) is 13.6 Å². The molecule has 0 heterocycles. The van der Waals surface area contributed by atoms with Crippen molar-refractivity contribution in [2.75, 3.05) is 13.2 Å². The second-order valence-corrected chi connectivity index (χ2v) is 4.89. The van der Waals surface area contributed by atoms with Crippen LogP contribution in [0.5, 0.6) is 17.2 Å². The molecule has 23 heavy (non-hydrogen) atoms. The Morgan fingerprint density at radius 1 is 1.09 bits per heavy atom. The van der Waals surface area contributed by atoms with E-state index >= 15 is 0 Å². The lowest BCUT2D eigenvalue weighted by molar-refractivity contribution is -0.0517. The maximum atomic E-state index is 12.6. The van der Waals surface area contributed by atoms with Gasteiger partial charge in [0.25, 0.3) is 0 Å². The van der Waals surface area contributed by atoms with Crippen LogP contribution in [0.25, 0.3) is 0 Å². The number of alkyl halides is 2. The Hall–Kier alpha value is -2.05. The van der Waals surface area contributed by atoms with Gasteiger partial charge in [0.15, 0.2) is 11.5 Å². The number of hydrogen-bond donors (Lipinski definition) is 1. The molecule has 1 aromatic carbocycles. The van der Waals surface area contributed by atoms with Gasteiger partial charge in [0, 0.05) is 0 Å². The molecule has 0 aliphatic heterocycles. The molecule has 0 fully saturated rings. The summed E-state index contributed by atoms with van der Waals surface area (Å²) in [5.41, 5.74) is -0.199. The molecule has 5 nitrogen and oxygen atoms in total. The quantitative estimate of drug-likeness (QED) is 0.611. The smallest absolute Gasteiger partial charge is 0.387 e. The second-order valence-electron chi connectivity index (χ2n) is 4.89. The van der Waals surface area contributed by atoms with E-state index in [4.69, 9.17) is 14.6 Å². The highest BCUT2D eigenvalue weighted by molar-refractivity contribution is 5.89. The molecule has 0 spiro atoms. The Balaban J connectivity index is 3.16. The minimum Gasteiger partial charge on any atom is -0.490 e. The maximum Gasteiger partial charge on any atom is 0.387 e. The SMILES string of the molecule is CCCCOc1cc(C(=O)O)cc(OC(F)F)c1OCCCC. The molecule has 0 aliphatic carbocycles. The van der Waals surface area contributed by atoms with Gasteiger partial charge in [0.05, 0.1) is 18.8 Å². The van der Waals surface area contributed by atoms with Crippen molar-refractivity contribution in [2.24, 2.45) is 0 Å². The van der Waals surface area contributed by atoms with Gasteiger partial charge in [-0.2, -0.15) is 8.78 Å². The van der Waals surface area contributed by atoms with Crippen molar-refractivity contribution in [3.63, 3.8) is 0 Å². The Morgan fingerprint density at radius 3 is 2.17 bits per heavy atom. The number of rotatable bonds is 11. The zero-order chi connectivity index (χ0) is 17.2. The van der Waals surface area contributed by atoms with Gasteiger partial charge in [-0.1, -0.05) is 26.7 Å². The van der Waals surface area contributed by atoms with Crippen LogP contribution in [0.3, 0.4) is 0 Å². The van der Waals surface area contributed by atoms with E-state index in [0.717, 1.165) is 31.7 Å². The number of benzene rings is 1. The highest BCUT2D eigenvalue weighted by Crippen LogP contribution is 2.40. The van der Waals surface area contributed by atoms with Crippen LogP contribution in [-0.2, 0) is 0 Å². The van der Waals surface area contributed by atoms with Crippen molar-refractivity contribution in [1.82, 2.24) is 0 Å². The van der Waals surface area contributed by atoms with Crippen LogP contribution in [-0.4, -0.2) is 30.9 Å². The van der Waals surface area contributed by atoms with Gasteiger partial charge in [0.2, 0.25) is 5.75 Å². The summed E-state index contributed by atoms with van der Waals surface area (Å²) in [5, 5.41) is 9.11. The molecular formula is C16H22F2O5. The molecule has 0 aromatic heterocycles. The topological polar surface area (TPSA) is 65.0 Å². The number of carboxylic acid groups (broad SMARTS) is 1. The fourth-order valence-electron chi connectivity index (χ4n) is 1.78. The molecule has 130 valence electrons. The Kier molecular flexibility index (Phi) is 8.15. The first kappa shape index (κ1) is 19.0. The zero-order valence-electron chi connectivity index (χ0n) is 13.3. The van der Waals surface area contributed by atoms with E-state index in [1.165, 1.54) is 6.07 Å². The number of unbranched alkanes of at least 4 members (excludes halogenated alkanes) is 2. The van der Waals surface area contributed by atoms with Crippen LogP contribution in [0.15, 0.2) is 12.1 Å².